The van der Waals surface area contributed by atoms with E-state index in [0.29, 0.717) is 18.5 Å². The highest BCUT2D eigenvalue weighted by Crippen LogP contribution is 2.28. The van der Waals surface area contributed by atoms with Crippen LogP contribution < -0.4 is 15.5 Å². The number of carbonyl (C=O) groups is 2. The summed E-state index contributed by atoms with van der Waals surface area (Å²) in [6.45, 7) is 0.714. The third-order valence-corrected chi connectivity index (χ3v) is 4.93. The lowest BCUT2D eigenvalue weighted by Crippen LogP contribution is -2.35. The van der Waals surface area contributed by atoms with Gasteiger partial charge in [0.1, 0.15) is 11.9 Å². The molecule has 5 nitrogen and oxygen atoms in total. The van der Waals surface area contributed by atoms with Gasteiger partial charge in [-0.1, -0.05) is 18.2 Å². The molecule has 1 aliphatic carbocycles. The molecule has 2 aliphatic rings. The molecule has 2 aromatic rings. The maximum absolute atomic E-state index is 13.3. The van der Waals surface area contributed by atoms with Gasteiger partial charge in [0, 0.05) is 30.4 Å². The molecule has 6 heteroatoms. The second-order valence-corrected chi connectivity index (χ2v) is 7.11. The number of hydrogen-bond donors (Lipinski definition) is 2. The number of amides is 2. The first-order valence-electron chi connectivity index (χ1n) is 9.33. The topological polar surface area (TPSA) is 61.4 Å². The predicted octanol–water partition coefficient (Wildman–Crippen LogP) is 3.38. The fourth-order valence-corrected chi connectivity index (χ4v) is 3.32. The average Bonchev–Trinajstić information content (AvgIpc) is 3.38. The van der Waals surface area contributed by atoms with Crippen LogP contribution in [0.25, 0.3) is 0 Å². The van der Waals surface area contributed by atoms with Crippen LogP contribution in [0.4, 0.5) is 15.8 Å². The zero-order valence-corrected chi connectivity index (χ0v) is 15.0. The summed E-state index contributed by atoms with van der Waals surface area (Å²) in [5.74, 6) is -0.352. The van der Waals surface area contributed by atoms with Gasteiger partial charge in [-0.3, -0.25) is 9.59 Å². The van der Waals surface area contributed by atoms with Crippen molar-refractivity contribution in [2.75, 3.05) is 16.8 Å². The number of benzene rings is 2. The van der Waals surface area contributed by atoms with E-state index < -0.39 is 6.04 Å². The Hall–Kier alpha value is -2.89. The van der Waals surface area contributed by atoms with Crippen LogP contribution >= 0.6 is 0 Å². The van der Waals surface area contributed by atoms with Crippen LogP contribution in [0.1, 0.15) is 37.3 Å². The lowest BCUT2D eigenvalue weighted by atomic mass is 10.1. The number of nitrogens with one attached hydrogen (secondary N) is 2. The molecule has 0 radical (unpaired) electrons. The molecule has 2 amide bonds. The van der Waals surface area contributed by atoms with E-state index in [1.807, 2.05) is 24.3 Å². The first kappa shape index (κ1) is 17.5. The van der Waals surface area contributed by atoms with Crippen LogP contribution in [0.15, 0.2) is 48.5 Å². The molecule has 0 bridgehead atoms. The minimum Gasteiger partial charge on any atom is -0.370 e. The van der Waals surface area contributed by atoms with E-state index in [0.717, 1.165) is 30.6 Å². The molecule has 1 aliphatic heterocycles. The predicted molar refractivity (Wildman–Crippen MR) is 102 cm³/mol. The van der Waals surface area contributed by atoms with Crippen molar-refractivity contribution in [1.29, 1.82) is 0 Å². The van der Waals surface area contributed by atoms with Crippen LogP contribution in [0.2, 0.25) is 0 Å². The largest absolute Gasteiger partial charge is 0.370 e. The Morgan fingerprint density at radius 3 is 2.59 bits per heavy atom. The number of nitrogens with zero attached hydrogens (tertiary/aromatic N) is 1. The van der Waals surface area contributed by atoms with Crippen LogP contribution in [0.3, 0.4) is 0 Å². The minimum atomic E-state index is -0.629. The molecular weight excluding hydrogens is 345 g/mol. The average molecular weight is 367 g/mol. The van der Waals surface area contributed by atoms with E-state index in [2.05, 4.69) is 10.6 Å². The van der Waals surface area contributed by atoms with Crippen molar-refractivity contribution >= 4 is 23.2 Å². The molecule has 27 heavy (non-hydrogen) atoms. The molecule has 2 aromatic carbocycles. The molecule has 1 heterocycles. The van der Waals surface area contributed by atoms with E-state index in [1.54, 1.807) is 17.0 Å². The summed E-state index contributed by atoms with van der Waals surface area (Å²) < 4.78 is 13.3. The van der Waals surface area contributed by atoms with Crippen LogP contribution in [-0.2, 0) is 9.59 Å². The van der Waals surface area contributed by atoms with Crippen LogP contribution in [-0.4, -0.2) is 24.4 Å². The first-order chi connectivity index (χ1) is 13.1. The van der Waals surface area contributed by atoms with Crippen molar-refractivity contribution in [3.05, 3.63) is 59.9 Å². The van der Waals surface area contributed by atoms with Gasteiger partial charge >= 0.3 is 0 Å². The van der Waals surface area contributed by atoms with Crippen LogP contribution in [0, 0.1) is 5.82 Å². The molecule has 0 spiro atoms. The smallest absolute Gasteiger partial charge is 0.247 e. The van der Waals surface area contributed by atoms with Gasteiger partial charge in [0.25, 0.3) is 0 Å². The maximum atomic E-state index is 13.3. The number of hydrogen-bond acceptors (Lipinski definition) is 3. The van der Waals surface area contributed by atoms with E-state index in [-0.39, 0.29) is 23.7 Å². The maximum Gasteiger partial charge on any atom is 0.247 e. The van der Waals surface area contributed by atoms with Crippen molar-refractivity contribution in [3.8, 4) is 0 Å². The zero-order valence-electron chi connectivity index (χ0n) is 15.0. The van der Waals surface area contributed by atoms with Gasteiger partial charge < -0.3 is 15.5 Å². The molecule has 140 valence electrons. The lowest BCUT2D eigenvalue weighted by molar-refractivity contribution is -0.122. The fraction of sp³-hybridized carbons (Fsp3) is 0.333. The molecular formula is C21H22FN3O2. The standard InChI is InChI=1S/C21H22FN3O2/c22-15-8-6-14(7-9-15)20(21(27)24-16-10-11-16)23-17-3-1-4-18(13-17)25-12-2-5-19(25)26/h1,3-4,6-9,13,16,20,23H,2,5,10-12H2,(H,24,27). The normalized spacial score (nSPS) is 17.7. The minimum absolute atomic E-state index is 0.119. The molecule has 2 fully saturated rings. The molecule has 1 atom stereocenters. The van der Waals surface area contributed by atoms with Gasteiger partial charge in [-0.25, -0.2) is 4.39 Å². The van der Waals surface area contributed by atoms with Crippen molar-refractivity contribution in [2.24, 2.45) is 0 Å². The van der Waals surface area contributed by atoms with E-state index in [1.165, 1.54) is 12.1 Å². The van der Waals surface area contributed by atoms with Crippen LogP contribution in [0.5, 0.6) is 0 Å². The summed E-state index contributed by atoms with van der Waals surface area (Å²) >= 11 is 0. The van der Waals surface area contributed by atoms with Gasteiger partial charge in [-0.2, -0.15) is 0 Å². The Balaban J connectivity index is 1.58. The second-order valence-electron chi connectivity index (χ2n) is 7.11. The lowest BCUT2D eigenvalue weighted by Gasteiger charge is -2.22. The highest BCUT2D eigenvalue weighted by molar-refractivity contribution is 5.96. The summed E-state index contributed by atoms with van der Waals surface area (Å²) in [6.07, 6.45) is 3.42. The van der Waals surface area contributed by atoms with Gasteiger partial charge in [0.15, 0.2) is 0 Å². The van der Waals surface area contributed by atoms with Gasteiger partial charge in [-0.05, 0) is 55.2 Å². The highest BCUT2D eigenvalue weighted by atomic mass is 19.1. The fourth-order valence-electron chi connectivity index (χ4n) is 3.32. The van der Waals surface area contributed by atoms with Crippen molar-refractivity contribution < 1.29 is 14.0 Å². The van der Waals surface area contributed by atoms with Crippen molar-refractivity contribution in [3.63, 3.8) is 0 Å². The Morgan fingerprint density at radius 2 is 1.93 bits per heavy atom. The number of rotatable bonds is 6. The summed E-state index contributed by atoms with van der Waals surface area (Å²) in [5.41, 5.74) is 2.26. The monoisotopic (exact) mass is 367 g/mol. The molecule has 2 N–H and O–H groups in total. The number of halogens is 1. The van der Waals surface area contributed by atoms with Crippen molar-refractivity contribution in [2.45, 2.75) is 37.8 Å². The summed E-state index contributed by atoms with van der Waals surface area (Å²) in [6, 6.07) is 13.1. The number of anilines is 2. The molecule has 1 unspecified atom stereocenters. The van der Waals surface area contributed by atoms with Gasteiger partial charge in [0.2, 0.25) is 11.8 Å². The van der Waals surface area contributed by atoms with Gasteiger partial charge in [-0.15, -0.1) is 0 Å². The quantitative estimate of drug-likeness (QED) is 0.823. The second kappa shape index (κ2) is 7.39. The Bertz CT molecular complexity index is 849. The molecule has 1 saturated carbocycles. The number of carbonyl (C=O) groups excluding carboxylic acids is 2. The third-order valence-electron chi connectivity index (χ3n) is 4.93. The Labute approximate surface area is 157 Å². The van der Waals surface area contributed by atoms with E-state index >= 15 is 0 Å². The molecule has 0 aromatic heterocycles. The Kier molecular flexibility index (Phi) is 4.79. The Morgan fingerprint density at radius 1 is 1.15 bits per heavy atom. The first-order valence-corrected chi connectivity index (χ1v) is 9.33. The summed E-state index contributed by atoms with van der Waals surface area (Å²) in [4.78, 5) is 26.5. The zero-order chi connectivity index (χ0) is 18.8. The van der Waals surface area contributed by atoms with E-state index in [4.69, 9.17) is 0 Å². The third kappa shape index (κ3) is 4.10. The molecule has 1 saturated heterocycles. The SMILES string of the molecule is O=C(NC1CC1)C(Nc1cccc(N2CCCC2=O)c1)c1ccc(F)cc1. The molecule has 4 rings (SSSR count). The highest BCUT2D eigenvalue weighted by Gasteiger charge is 2.29. The summed E-state index contributed by atoms with van der Waals surface area (Å²) in [7, 11) is 0. The van der Waals surface area contributed by atoms with E-state index in [9.17, 15) is 14.0 Å². The van der Waals surface area contributed by atoms with Gasteiger partial charge in [0.05, 0.1) is 0 Å². The summed E-state index contributed by atoms with van der Waals surface area (Å²) in [5, 5.41) is 6.26. The van der Waals surface area contributed by atoms with Crippen molar-refractivity contribution in [1.82, 2.24) is 5.32 Å².